The fourth-order valence-electron chi connectivity index (χ4n) is 1.53. The minimum absolute atomic E-state index is 0.0734. The summed E-state index contributed by atoms with van der Waals surface area (Å²) in [7, 11) is 0. The van der Waals surface area contributed by atoms with Crippen molar-refractivity contribution in [1.82, 2.24) is 10.6 Å². The van der Waals surface area contributed by atoms with Gasteiger partial charge >= 0.3 is 0 Å². The van der Waals surface area contributed by atoms with Crippen molar-refractivity contribution in [2.24, 2.45) is 5.73 Å². The van der Waals surface area contributed by atoms with Crippen LogP contribution in [-0.4, -0.2) is 24.9 Å². The summed E-state index contributed by atoms with van der Waals surface area (Å²) in [6, 6.07) is 7.18. The summed E-state index contributed by atoms with van der Waals surface area (Å²) in [5.74, 6) is -0.622. The number of hydrogen-bond acceptors (Lipinski definition) is 3. The van der Waals surface area contributed by atoms with Gasteiger partial charge in [-0.1, -0.05) is 28.1 Å². The van der Waals surface area contributed by atoms with Crippen LogP contribution in [0.1, 0.15) is 19.4 Å². The Bertz CT molecular complexity index is 457. The SMILES string of the molecule is CCNC(=O)CNC(=O)C(C)(N)c1ccc(Br)cc1. The molecule has 0 radical (unpaired) electrons. The fraction of sp³-hybridized carbons (Fsp3) is 0.385. The Kier molecular flexibility index (Phi) is 5.50. The second-order valence-electron chi connectivity index (χ2n) is 4.35. The number of nitrogens with two attached hydrogens (primary N) is 1. The van der Waals surface area contributed by atoms with E-state index in [9.17, 15) is 9.59 Å². The second kappa shape index (κ2) is 6.68. The lowest BCUT2D eigenvalue weighted by atomic mass is 9.92. The molecule has 1 unspecified atom stereocenters. The maximum absolute atomic E-state index is 12.0. The number of likely N-dealkylation sites (N-methyl/N-ethyl adjacent to an activating group) is 1. The van der Waals surface area contributed by atoms with Gasteiger partial charge in [-0.25, -0.2) is 0 Å². The molecule has 0 fully saturated rings. The number of carbonyl (C=O) groups excluding carboxylic acids is 2. The van der Waals surface area contributed by atoms with Gasteiger partial charge in [-0.05, 0) is 31.5 Å². The first-order valence-corrected chi connectivity index (χ1v) is 6.77. The Morgan fingerprint density at radius 3 is 2.37 bits per heavy atom. The van der Waals surface area contributed by atoms with Crippen molar-refractivity contribution < 1.29 is 9.59 Å². The van der Waals surface area contributed by atoms with E-state index in [2.05, 4.69) is 26.6 Å². The smallest absolute Gasteiger partial charge is 0.244 e. The molecule has 6 heteroatoms. The van der Waals surface area contributed by atoms with Crippen molar-refractivity contribution >= 4 is 27.7 Å². The summed E-state index contributed by atoms with van der Waals surface area (Å²) in [4.78, 5) is 23.3. The molecule has 19 heavy (non-hydrogen) atoms. The van der Waals surface area contributed by atoms with Gasteiger partial charge in [0, 0.05) is 11.0 Å². The second-order valence-corrected chi connectivity index (χ2v) is 5.26. The standard InChI is InChI=1S/C13H18BrN3O2/c1-3-16-11(18)8-17-12(19)13(2,15)9-4-6-10(14)7-5-9/h4-7H,3,8,15H2,1-2H3,(H,16,18)(H,17,19). The molecule has 0 spiro atoms. The molecule has 0 aliphatic heterocycles. The predicted octanol–water partition coefficient (Wildman–Crippen LogP) is 0.875. The molecule has 0 aliphatic rings. The van der Waals surface area contributed by atoms with Crippen LogP contribution in [0.4, 0.5) is 0 Å². The van der Waals surface area contributed by atoms with Gasteiger partial charge < -0.3 is 16.4 Å². The van der Waals surface area contributed by atoms with Crippen LogP contribution in [0.5, 0.6) is 0 Å². The summed E-state index contributed by atoms with van der Waals surface area (Å²) in [6.07, 6.45) is 0. The number of halogens is 1. The molecule has 0 saturated heterocycles. The van der Waals surface area contributed by atoms with Gasteiger partial charge in [-0.2, -0.15) is 0 Å². The third-order valence-corrected chi connectivity index (χ3v) is 3.23. The Balaban J connectivity index is 2.68. The Morgan fingerprint density at radius 1 is 1.26 bits per heavy atom. The number of amides is 2. The highest BCUT2D eigenvalue weighted by atomic mass is 79.9. The van der Waals surface area contributed by atoms with Crippen LogP contribution in [0.25, 0.3) is 0 Å². The first-order chi connectivity index (χ1) is 8.87. The molecule has 1 aromatic carbocycles. The number of rotatable bonds is 5. The lowest BCUT2D eigenvalue weighted by Gasteiger charge is -2.24. The van der Waals surface area contributed by atoms with Crippen molar-refractivity contribution in [3.8, 4) is 0 Å². The fourth-order valence-corrected chi connectivity index (χ4v) is 1.80. The van der Waals surface area contributed by atoms with Crippen LogP contribution in [-0.2, 0) is 15.1 Å². The first kappa shape index (κ1) is 15.7. The topological polar surface area (TPSA) is 84.2 Å². The molecule has 4 N–H and O–H groups in total. The highest BCUT2D eigenvalue weighted by molar-refractivity contribution is 9.10. The minimum atomic E-state index is -1.17. The van der Waals surface area contributed by atoms with Crippen molar-refractivity contribution in [2.75, 3.05) is 13.1 Å². The zero-order valence-corrected chi connectivity index (χ0v) is 12.6. The molecular weight excluding hydrogens is 310 g/mol. The molecule has 0 bridgehead atoms. The lowest BCUT2D eigenvalue weighted by Crippen LogP contribution is -2.51. The van der Waals surface area contributed by atoms with Gasteiger partial charge in [-0.3, -0.25) is 9.59 Å². The molecule has 0 heterocycles. The Morgan fingerprint density at radius 2 is 1.84 bits per heavy atom. The average Bonchev–Trinajstić information content (AvgIpc) is 2.36. The van der Waals surface area contributed by atoms with Crippen molar-refractivity contribution in [2.45, 2.75) is 19.4 Å². The van der Waals surface area contributed by atoms with Crippen LogP contribution in [0, 0.1) is 0 Å². The maximum atomic E-state index is 12.0. The predicted molar refractivity (Wildman–Crippen MR) is 77.4 cm³/mol. The summed E-state index contributed by atoms with van der Waals surface area (Å²) < 4.78 is 0.912. The third-order valence-electron chi connectivity index (χ3n) is 2.70. The number of nitrogens with one attached hydrogen (secondary N) is 2. The van der Waals surface area contributed by atoms with Crippen LogP contribution in [0.2, 0.25) is 0 Å². The van der Waals surface area contributed by atoms with E-state index in [4.69, 9.17) is 5.73 Å². The van der Waals surface area contributed by atoms with Gasteiger partial charge in [0.05, 0.1) is 6.54 Å². The van der Waals surface area contributed by atoms with Crippen LogP contribution >= 0.6 is 15.9 Å². The molecule has 1 aromatic rings. The summed E-state index contributed by atoms with van der Waals surface area (Å²) in [6.45, 7) is 3.88. The minimum Gasteiger partial charge on any atom is -0.355 e. The Labute approximate surface area is 121 Å². The zero-order chi connectivity index (χ0) is 14.5. The first-order valence-electron chi connectivity index (χ1n) is 5.98. The van der Waals surface area contributed by atoms with E-state index >= 15 is 0 Å². The molecule has 2 amide bonds. The van der Waals surface area contributed by atoms with Gasteiger partial charge in [0.1, 0.15) is 5.54 Å². The third kappa shape index (κ3) is 4.33. The summed E-state index contributed by atoms with van der Waals surface area (Å²) in [5, 5.41) is 5.13. The van der Waals surface area contributed by atoms with Gasteiger partial charge in [0.25, 0.3) is 0 Å². The molecule has 1 atom stereocenters. The molecule has 0 aliphatic carbocycles. The largest absolute Gasteiger partial charge is 0.355 e. The van der Waals surface area contributed by atoms with Crippen molar-refractivity contribution in [3.05, 3.63) is 34.3 Å². The molecular formula is C13H18BrN3O2. The molecule has 104 valence electrons. The molecule has 5 nitrogen and oxygen atoms in total. The molecule has 1 rings (SSSR count). The average molecular weight is 328 g/mol. The highest BCUT2D eigenvalue weighted by Gasteiger charge is 2.30. The van der Waals surface area contributed by atoms with Crippen LogP contribution in [0.3, 0.4) is 0 Å². The summed E-state index contributed by atoms with van der Waals surface area (Å²) in [5.41, 5.74) is 5.54. The molecule has 0 aromatic heterocycles. The van der Waals surface area contributed by atoms with Crippen LogP contribution < -0.4 is 16.4 Å². The quantitative estimate of drug-likeness (QED) is 0.750. The number of benzene rings is 1. The normalized spacial score (nSPS) is 13.5. The van der Waals surface area contributed by atoms with Crippen LogP contribution in [0.15, 0.2) is 28.7 Å². The maximum Gasteiger partial charge on any atom is 0.244 e. The lowest BCUT2D eigenvalue weighted by molar-refractivity contribution is -0.129. The van der Waals surface area contributed by atoms with Crippen molar-refractivity contribution in [1.29, 1.82) is 0 Å². The highest BCUT2D eigenvalue weighted by Crippen LogP contribution is 2.20. The zero-order valence-electron chi connectivity index (χ0n) is 11.0. The van der Waals surface area contributed by atoms with E-state index in [1.165, 1.54) is 0 Å². The monoisotopic (exact) mass is 327 g/mol. The van der Waals surface area contributed by atoms with Gasteiger partial charge in [-0.15, -0.1) is 0 Å². The number of hydrogen-bond donors (Lipinski definition) is 3. The number of carbonyl (C=O) groups is 2. The van der Waals surface area contributed by atoms with E-state index < -0.39 is 5.54 Å². The summed E-state index contributed by atoms with van der Waals surface area (Å²) >= 11 is 3.32. The van der Waals surface area contributed by atoms with Gasteiger partial charge in [0.15, 0.2) is 0 Å². The van der Waals surface area contributed by atoms with E-state index in [-0.39, 0.29) is 18.4 Å². The van der Waals surface area contributed by atoms with E-state index in [0.29, 0.717) is 12.1 Å². The Hall–Kier alpha value is -1.40. The van der Waals surface area contributed by atoms with Gasteiger partial charge in [0.2, 0.25) is 11.8 Å². The van der Waals surface area contributed by atoms with E-state index in [0.717, 1.165) is 4.47 Å². The van der Waals surface area contributed by atoms with E-state index in [1.54, 1.807) is 19.1 Å². The van der Waals surface area contributed by atoms with Crippen molar-refractivity contribution in [3.63, 3.8) is 0 Å². The van der Waals surface area contributed by atoms with E-state index in [1.807, 2.05) is 19.1 Å². The molecule has 0 saturated carbocycles.